The number of likely N-dealkylation sites (N-methyl/N-ethyl adjacent to an activating group) is 1. The number of hydroxylamine groups is 1. The van der Waals surface area contributed by atoms with Crippen LogP contribution in [0.25, 0.3) is 0 Å². The molecule has 0 saturated carbocycles. The van der Waals surface area contributed by atoms with Gasteiger partial charge >= 0.3 is 6.03 Å². The number of nitrogens with one attached hydrogen (secondary N) is 2. The van der Waals surface area contributed by atoms with E-state index in [0.29, 0.717) is 12.1 Å². The molecule has 18 heavy (non-hydrogen) atoms. The predicted molar refractivity (Wildman–Crippen MR) is 63.2 cm³/mol. The molecular formula is C10H17N3O5. The van der Waals surface area contributed by atoms with Crippen LogP contribution in [0.3, 0.4) is 0 Å². The van der Waals surface area contributed by atoms with Gasteiger partial charge in [-0.15, -0.1) is 0 Å². The molecule has 0 spiro atoms. The molecule has 8 nitrogen and oxygen atoms in total. The quantitative estimate of drug-likeness (QED) is 0.219. The maximum absolute atomic E-state index is 9.48. The van der Waals surface area contributed by atoms with Crippen LogP contribution in [0, 0.1) is 0 Å². The van der Waals surface area contributed by atoms with Crippen molar-refractivity contribution in [3.8, 4) is 11.5 Å². The zero-order valence-electron chi connectivity index (χ0n) is 9.79. The Morgan fingerprint density at radius 2 is 1.94 bits per heavy atom. The second-order valence-electron chi connectivity index (χ2n) is 3.30. The van der Waals surface area contributed by atoms with Crippen molar-refractivity contribution in [3.05, 3.63) is 23.8 Å². The number of rotatable bonds is 3. The summed E-state index contributed by atoms with van der Waals surface area (Å²) in [5.74, 6) is -0.395. The van der Waals surface area contributed by atoms with Crippen LogP contribution in [0.5, 0.6) is 11.5 Å². The van der Waals surface area contributed by atoms with Crippen LogP contribution in [0.2, 0.25) is 0 Å². The molecule has 1 rings (SSSR count). The topological polar surface area (TPSA) is 148 Å². The summed E-state index contributed by atoms with van der Waals surface area (Å²) < 4.78 is 0. The van der Waals surface area contributed by atoms with Crippen molar-refractivity contribution in [2.75, 3.05) is 13.6 Å². The number of aliphatic hydroxyl groups excluding tert-OH is 1. The summed E-state index contributed by atoms with van der Waals surface area (Å²) >= 11 is 0. The molecule has 0 aliphatic heterocycles. The Morgan fingerprint density at radius 1 is 1.39 bits per heavy atom. The van der Waals surface area contributed by atoms with Gasteiger partial charge in [-0.2, -0.15) is 0 Å². The van der Waals surface area contributed by atoms with Gasteiger partial charge in [0.15, 0.2) is 11.5 Å². The monoisotopic (exact) mass is 259 g/mol. The smallest absolute Gasteiger partial charge is 0.335 e. The van der Waals surface area contributed by atoms with Gasteiger partial charge in [0, 0.05) is 6.54 Å². The minimum Gasteiger partial charge on any atom is -0.504 e. The molecule has 0 heterocycles. The van der Waals surface area contributed by atoms with Crippen LogP contribution in [-0.2, 0) is 0 Å². The van der Waals surface area contributed by atoms with Crippen molar-refractivity contribution < 1.29 is 25.3 Å². The van der Waals surface area contributed by atoms with Crippen LogP contribution in [0.15, 0.2) is 18.2 Å². The standard InChI is InChI=1S/C9H13NO3.CH4N2O2/c1-10-5-9(13)6-2-3-7(11)8(12)4-6;2-1(4)3-5/h2-4,9-13H,5H2,1H3;5H,(H3,2,3,4)/t9-;/m1./s1. The molecule has 0 fully saturated rings. The molecule has 1 atom stereocenters. The maximum Gasteiger partial charge on any atom is 0.335 e. The van der Waals surface area contributed by atoms with E-state index >= 15 is 0 Å². The molecular weight excluding hydrogens is 242 g/mol. The van der Waals surface area contributed by atoms with Crippen LogP contribution in [0.1, 0.15) is 11.7 Å². The third kappa shape index (κ3) is 5.89. The molecule has 0 bridgehead atoms. The van der Waals surface area contributed by atoms with Crippen LogP contribution < -0.4 is 16.5 Å². The highest BCUT2D eigenvalue weighted by Gasteiger charge is 2.08. The fraction of sp³-hybridized carbons (Fsp3) is 0.300. The Kier molecular flexibility index (Phi) is 7.20. The van der Waals surface area contributed by atoms with Gasteiger partial charge in [-0.25, -0.2) is 10.3 Å². The van der Waals surface area contributed by atoms with E-state index in [0.717, 1.165) is 0 Å². The zero-order chi connectivity index (χ0) is 14.1. The van der Waals surface area contributed by atoms with Crippen molar-refractivity contribution in [2.45, 2.75) is 6.10 Å². The summed E-state index contributed by atoms with van der Waals surface area (Å²) in [7, 11) is 1.73. The Labute approximate surface area is 104 Å². The van der Waals surface area contributed by atoms with Crippen molar-refractivity contribution in [3.63, 3.8) is 0 Å². The fourth-order valence-corrected chi connectivity index (χ4v) is 1.06. The van der Waals surface area contributed by atoms with E-state index in [1.165, 1.54) is 17.6 Å². The number of phenols is 2. The number of nitrogens with two attached hydrogens (primary N) is 1. The molecule has 1 aromatic carbocycles. The molecule has 8 heteroatoms. The summed E-state index contributed by atoms with van der Waals surface area (Å²) in [5.41, 5.74) is 6.03. The molecule has 2 amide bonds. The second kappa shape index (κ2) is 8.12. The second-order valence-corrected chi connectivity index (χ2v) is 3.30. The van der Waals surface area contributed by atoms with E-state index < -0.39 is 12.1 Å². The average Bonchev–Trinajstić information content (AvgIpc) is 2.33. The molecule has 0 unspecified atom stereocenters. The summed E-state index contributed by atoms with van der Waals surface area (Å²) in [4.78, 5) is 9.23. The number of phenolic OH excluding ortho intramolecular Hbond substituents is 2. The zero-order valence-corrected chi connectivity index (χ0v) is 9.79. The number of carbonyl (C=O) groups excluding carboxylic acids is 1. The Bertz CT molecular complexity index is 386. The first-order valence-corrected chi connectivity index (χ1v) is 4.96. The number of amides is 2. The molecule has 0 radical (unpaired) electrons. The van der Waals surface area contributed by atoms with Crippen molar-refractivity contribution in [1.29, 1.82) is 0 Å². The summed E-state index contributed by atoms with van der Waals surface area (Å²) in [6, 6.07) is 3.32. The van der Waals surface area contributed by atoms with E-state index in [9.17, 15) is 9.90 Å². The lowest BCUT2D eigenvalue weighted by atomic mass is 10.1. The summed E-state index contributed by atoms with van der Waals surface area (Å²) in [5, 5.41) is 37.8. The molecule has 1 aromatic rings. The first-order chi connectivity index (χ1) is 8.42. The normalized spacial score (nSPS) is 11.1. The number of hydrogen-bond acceptors (Lipinski definition) is 6. The van der Waals surface area contributed by atoms with E-state index in [1.807, 2.05) is 0 Å². The number of primary amides is 1. The van der Waals surface area contributed by atoms with Gasteiger partial charge in [-0.3, -0.25) is 5.21 Å². The largest absolute Gasteiger partial charge is 0.504 e. The van der Waals surface area contributed by atoms with Gasteiger partial charge in [0.05, 0.1) is 6.10 Å². The van der Waals surface area contributed by atoms with Gasteiger partial charge < -0.3 is 26.4 Å². The minimum atomic E-state index is -0.940. The number of hydrogen-bond donors (Lipinski definition) is 7. The van der Waals surface area contributed by atoms with Gasteiger partial charge in [0.25, 0.3) is 0 Å². The lowest BCUT2D eigenvalue weighted by Gasteiger charge is -2.10. The summed E-state index contributed by atoms with van der Waals surface area (Å²) in [6.07, 6.45) is -0.670. The molecule has 102 valence electrons. The van der Waals surface area contributed by atoms with Crippen LogP contribution >= 0.6 is 0 Å². The molecule has 0 aliphatic carbocycles. The molecule has 8 N–H and O–H groups in total. The third-order valence-electron chi connectivity index (χ3n) is 1.89. The average molecular weight is 259 g/mol. The van der Waals surface area contributed by atoms with Gasteiger partial charge in [0.1, 0.15) is 0 Å². The van der Waals surface area contributed by atoms with Crippen LogP contribution in [-0.4, -0.2) is 40.2 Å². The van der Waals surface area contributed by atoms with Crippen molar-refractivity contribution in [1.82, 2.24) is 10.8 Å². The molecule has 0 aromatic heterocycles. The number of urea groups is 1. The maximum atomic E-state index is 9.48. The van der Waals surface area contributed by atoms with E-state index in [4.69, 9.17) is 15.4 Å². The minimum absolute atomic E-state index is 0.180. The molecule has 0 saturated heterocycles. The highest BCUT2D eigenvalue weighted by molar-refractivity contribution is 5.69. The highest BCUT2D eigenvalue weighted by Crippen LogP contribution is 2.27. The lowest BCUT2D eigenvalue weighted by Crippen LogP contribution is -2.25. The summed E-state index contributed by atoms with van der Waals surface area (Å²) in [6.45, 7) is 0.407. The highest BCUT2D eigenvalue weighted by atomic mass is 16.5. The Balaban J connectivity index is 0.000000494. The van der Waals surface area contributed by atoms with Gasteiger partial charge in [0.2, 0.25) is 0 Å². The predicted octanol–water partition coefficient (Wildman–Crippen LogP) is -0.606. The Morgan fingerprint density at radius 3 is 2.33 bits per heavy atom. The number of aliphatic hydroxyl groups is 1. The van der Waals surface area contributed by atoms with Crippen molar-refractivity contribution in [2.24, 2.45) is 5.73 Å². The van der Waals surface area contributed by atoms with E-state index in [-0.39, 0.29) is 11.5 Å². The number of benzene rings is 1. The van der Waals surface area contributed by atoms with E-state index in [2.05, 4.69) is 11.1 Å². The number of carbonyl (C=O) groups is 1. The van der Waals surface area contributed by atoms with Gasteiger partial charge in [-0.05, 0) is 24.7 Å². The van der Waals surface area contributed by atoms with Crippen molar-refractivity contribution >= 4 is 6.03 Å². The lowest BCUT2D eigenvalue weighted by molar-refractivity contribution is 0.169. The number of aromatic hydroxyl groups is 2. The van der Waals surface area contributed by atoms with E-state index in [1.54, 1.807) is 13.1 Å². The Hall–Kier alpha value is -2.03. The first kappa shape index (κ1) is 16.0. The SMILES string of the molecule is CNC[C@@H](O)c1ccc(O)c(O)c1.NC(=O)NO. The van der Waals surface area contributed by atoms with Crippen LogP contribution in [0.4, 0.5) is 4.79 Å². The van der Waals surface area contributed by atoms with Gasteiger partial charge in [-0.1, -0.05) is 6.07 Å². The molecule has 0 aliphatic rings. The fourth-order valence-electron chi connectivity index (χ4n) is 1.06. The first-order valence-electron chi connectivity index (χ1n) is 4.96. The third-order valence-corrected chi connectivity index (χ3v) is 1.89.